The molecule has 0 bridgehead atoms. The van der Waals surface area contributed by atoms with Gasteiger partial charge in [0.2, 0.25) is 10.0 Å². The minimum atomic E-state index is -3.75. The third kappa shape index (κ3) is 4.10. The highest BCUT2D eigenvalue weighted by Gasteiger charge is 2.19. The highest BCUT2D eigenvalue weighted by Crippen LogP contribution is 2.31. The molecule has 0 saturated carbocycles. The van der Waals surface area contributed by atoms with E-state index in [1.165, 1.54) is 11.8 Å². The van der Waals surface area contributed by atoms with Crippen LogP contribution >= 0.6 is 27.7 Å². The van der Waals surface area contributed by atoms with Gasteiger partial charge in [0.1, 0.15) is 0 Å². The molecule has 2 N–H and O–H groups in total. The SMILES string of the molecule is CSc1cc(CBr)cc(S(N)(=O)=O)c1Cc1ccccc1. The predicted molar refractivity (Wildman–Crippen MR) is 91.5 cm³/mol. The van der Waals surface area contributed by atoms with Crippen molar-refractivity contribution in [3.63, 3.8) is 0 Å². The number of rotatable bonds is 5. The molecule has 6 heteroatoms. The van der Waals surface area contributed by atoms with Crippen LogP contribution in [-0.2, 0) is 21.8 Å². The summed E-state index contributed by atoms with van der Waals surface area (Å²) in [7, 11) is -3.75. The van der Waals surface area contributed by atoms with Crippen molar-refractivity contribution in [1.29, 1.82) is 0 Å². The first-order valence-electron chi connectivity index (χ1n) is 6.28. The first kappa shape index (κ1) is 16.5. The molecule has 0 amide bonds. The maximum absolute atomic E-state index is 11.9. The molecule has 0 aliphatic heterocycles. The van der Waals surface area contributed by atoms with Crippen molar-refractivity contribution >= 4 is 37.7 Å². The molecule has 3 nitrogen and oxygen atoms in total. The van der Waals surface area contributed by atoms with Crippen LogP contribution in [0.15, 0.2) is 52.3 Å². The van der Waals surface area contributed by atoms with Gasteiger partial charge in [-0.15, -0.1) is 11.8 Å². The summed E-state index contributed by atoms with van der Waals surface area (Å²) in [6, 6.07) is 13.4. The van der Waals surface area contributed by atoms with E-state index in [-0.39, 0.29) is 4.90 Å². The van der Waals surface area contributed by atoms with Crippen LogP contribution in [0.2, 0.25) is 0 Å². The van der Waals surface area contributed by atoms with E-state index in [1.54, 1.807) is 6.07 Å². The monoisotopic (exact) mass is 385 g/mol. The van der Waals surface area contributed by atoms with Gasteiger partial charge in [-0.2, -0.15) is 0 Å². The molecule has 0 aromatic heterocycles. The molecule has 2 aromatic rings. The van der Waals surface area contributed by atoms with Crippen molar-refractivity contribution in [2.75, 3.05) is 6.26 Å². The van der Waals surface area contributed by atoms with Crippen molar-refractivity contribution in [3.8, 4) is 0 Å². The standard InChI is InChI=1S/C15H16BrNO2S2/c1-20-14-8-12(10-16)9-15(21(17,18)19)13(14)7-11-5-3-2-4-6-11/h2-6,8-9H,7,10H2,1H3,(H2,17,18,19). The van der Waals surface area contributed by atoms with Crippen LogP contribution in [0.5, 0.6) is 0 Å². The number of hydrogen-bond donors (Lipinski definition) is 1. The molecule has 0 saturated heterocycles. The smallest absolute Gasteiger partial charge is 0.225 e. The third-order valence-electron chi connectivity index (χ3n) is 3.13. The molecule has 2 aromatic carbocycles. The van der Waals surface area contributed by atoms with E-state index in [2.05, 4.69) is 15.9 Å². The second-order valence-electron chi connectivity index (χ2n) is 4.62. The van der Waals surface area contributed by atoms with Crippen molar-refractivity contribution in [2.24, 2.45) is 5.14 Å². The number of sulfonamides is 1. The first-order valence-corrected chi connectivity index (χ1v) is 10.2. The molecule has 0 unspecified atom stereocenters. The lowest BCUT2D eigenvalue weighted by Crippen LogP contribution is -2.16. The quantitative estimate of drug-likeness (QED) is 0.632. The summed E-state index contributed by atoms with van der Waals surface area (Å²) in [5.41, 5.74) is 2.73. The third-order valence-corrected chi connectivity index (χ3v) is 5.56. The maximum Gasteiger partial charge on any atom is 0.238 e. The van der Waals surface area contributed by atoms with Crippen LogP contribution in [0.3, 0.4) is 0 Å². The molecule has 0 aliphatic rings. The molecule has 0 atom stereocenters. The summed E-state index contributed by atoms with van der Waals surface area (Å²) in [4.78, 5) is 1.16. The van der Waals surface area contributed by atoms with Crippen molar-refractivity contribution in [1.82, 2.24) is 0 Å². The van der Waals surface area contributed by atoms with Gasteiger partial charge < -0.3 is 0 Å². The largest absolute Gasteiger partial charge is 0.238 e. The molecule has 0 heterocycles. The van der Waals surface area contributed by atoms with Crippen LogP contribution in [0.4, 0.5) is 0 Å². The minimum Gasteiger partial charge on any atom is -0.225 e. The van der Waals surface area contributed by atoms with E-state index >= 15 is 0 Å². The van der Waals surface area contributed by atoms with Gasteiger partial charge in [-0.3, -0.25) is 0 Å². The van der Waals surface area contributed by atoms with Crippen molar-refractivity contribution in [2.45, 2.75) is 21.5 Å². The van der Waals surface area contributed by atoms with Crippen LogP contribution in [-0.4, -0.2) is 14.7 Å². The van der Waals surface area contributed by atoms with Gasteiger partial charge in [-0.25, -0.2) is 13.6 Å². The fourth-order valence-corrected chi connectivity index (χ4v) is 4.09. The fraction of sp³-hybridized carbons (Fsp3) is 0.200. The topological polar surface area (TPSA) is 60.2 Å². The molecular formula is C15H16BrNO2S2. The Morgan fingerprint density at radius 3 is 2.33 bits per heavy atom. The van der Waals surface area contributed by atoms with Crippen LogP contribution in [0, 0.1) is 0 Å². The minimum absolute atomic E-state index is 0.215. The molecule has 2 rings (SSSR count). The molecule has 0 radical (unpaired) electrons. The fourth-order valence-electron chi connectivity index (χ4n) is 2.16. The number of nitrogens with two attached hydrogens (primary N) is 1. The normalized spacial score (nSPS) is 11.6. The Morgan fingerprint density at radius 1 is 1.14 bits per heavy atom. The lowest BCUT2D eigenvalue weighted by atomic mass is 10.0. The first-order chi connectivity index (χ1) is 9.95. The summed E-state index contributed by atoms with van der Waals surface area (Å²) in [5, 5.41) is 6.00. The zero-order valence-electron chi connectivity index (χ0n) is 11.5. The predicted octanol–water partition coefficient (Wildman–Crippen LogP) is 3.54. The molecule has 0 fully saturated rings. The zero-order valence-corrected chi connectivity index (χ0v) is 14.8. The molecule has 0 spiro atoms. The number of thioether (sulfide) groups is 1. The van der Waals surface area contributed by atoms with Gasteiger partial charge in [0.25, 0.3) is 0 Å². The van der Waals surface area contributed by atoms with Gasteiger partial charge in [0, 0.05) is 10.2 Å². The van der Waals surface area contributed by atoms with Crippen molar-refractivity contribution in [3.05, 3.63) is 59.2 Å². The number of benzene rings is 2. The number of hydrogen-bond acceptors (Lipinski definition) is 3. The molecular weight excluding hydrogens is 370 g/mol. The van der Waals surface area contributed by atoms with Crippen LogP contribution in [0.25, 0.3) is 0 Å². The molecule has 0 aliphatic carbocycles. The Labute approximate surface area is 138 Å². The average molecular weight is 386 g/mol. The van der Waals surface area contributed by atoms with Crippen LogP contribution < -0.4 is 5.14 Å². The van der Waals surface area contributed by atoms with Gasteiger partial charge in [-0.05, 0) is 41.5 Å². The van der Waals surface area contributed by atoms with Gasteiger partial charge in [0.15, 0.2) is 0 Å². The number of primary sulfonamides is 1. The summed E-state index contributed by atoms with van der Waals surface area (Å²) in [6.45, 7) is 0. The highest BCUT2D eigenvalue weighted by atomic mass is 79.9. The summed E-state index contributed by atoms with van der Waals surface area (Å²) < 4.78 is 23.9. The van der Waals surface area contributed by atoms with E-state index in [0.717, 1.165) is 21.6 Å². The lowest BCUT2D eigenvalue weighted by molar-refractivity contribution is 0.596. The highest BCUT2D eigenvalue weighted by molar-refractivity contribution is 9.08. The van der Waals surface area contributed by atoms with E-state index in [4.69, 9.17) is 5.14 Å². The van der Waals surface area contributed by atoms with Crippen LogP contribution in [0.1, 0.15) is 16.7 Å². The van der Waals surface area contributed by atoms with E-state index < -0.39 is 10.0 Å². The number of halogens is 1. The average Bonchev–Trinajstić information content (AvgIpc) is 2.47. The second-order valence-corrected chi connectivity index (χ2v) is 7.55. The summed E-state index contributed by atoms with van der Waals surface area (Å²) >= 11 is 4.90. The van der Waals surface area contributed by atoms with E-state index in [9.17, 15) is 8.42 Å². The summed E-state index contributed by atoms with van der Waals surface area (Å²) in [6.07, 6.45) is 2.49. The van der Waals surface area contributed by atoms with E-state index in [1.807, 2.05) is 42.7 Å². The zero-order chi connectivity index (χ0) is 15.5. The Kier molecular flexibility index (Phi) is 5.48. The maximum atomic E-state index is 11.9. The Hall–Kier alpha value is -0.820. The van der Waals surface area contributed by atoms with Gasteiger partial charge >= 0.3 is 0 Å². The van der Waals surface area contributed by atoms with Gasteiger partial charge in [0.05, 0.1) is 4.90 Å². The Morgan fingerprint density at radius 2 is 1.81 bits per heavy atom. The van der Waals surface area contributed by atoms with Crippen molar-refractivity contribution < 1.29 is 8.42 Å². The molecule has 112 valence electrons. The summed E-state index contributed by atoms with van der Waals surface area (Å²) in [5.74, 6) is 0. The van der Waals surface area contributed by atoms with E-state index in [0.29, 0.717) is 11.8 Å². The Balaban J connectivity index is 2.61. The second kappa shape index (κ2) is 6.96. The number of alkyl halides is 1. The molecule has 21 heavy (non-hydrogen) atoms. The Bertz CT molecular complexity index is 731. The lowest BCUT2D eigenvalue weighted by Gasteiger charge is -2.14. The van der Waals surface area contributed by atoms with Gasteiger partial charge in [-0.1, -0.05) is 46.3 Å².